The molecule has 1 aliphatic heterocycles. The lowest BCUT2D eigenvalue weighted by molar-refractivity contribution is -0.141. The number of Topliss-reactive ketones (excluding diaryl/α,β-unsaturated/α-hetero) is 1. The van der Waals surface area contributed by atoms with Crippen molar-refractivity contribution in [2.75, 3.05) is 18.1 Å². The van der Waals surface area contributed by atoms with Gasteiger partial charge in [0.1, 0.15) is 11.5 Å². The van der Waals surface area contributed by atoms with Crippen LogP contribution in [0, 0.1) is 6.92 Å². The van der Waals surface area contributed by atoms with E-state index in [1.54, 1.807) is 23.1 Å². The summed E-state index contributed by atoms with van der Waals surface area (Å²) in [6.07, 6.45) is 0.406. The molecule has 1 aliphatic rings. The lowest BCUT2D eigenvalue weighted by Crippen LogP contribution is -2.42. The van der Waals surface area contributed by atoms with E-state index < -0.39 is 11.5 Å². The predicted octanol–water partition coefficient (Wildman–Crippen LogP) is 2.98. The Labute approximate surface area is 153 Å². The second kappa shape index (κ2) is 7.30. The highest BCUT2D eigenvalue weighted by Gasteiger charge is 2.49. The molecule has 0 aromatic heterocycles. The van der Waals surface area contributed by atoms with Gasteiger partial charge in [0, 0.05) is 18.5 Å². The van der Waals surface area contributed by atoms with Crippen LogP contribution in [0.2, 0.25) is 0 Å². The molecule has 1 heterocycles. The second-order valence-corrected chi connectivity index (χ2v) is 6.68. The van der Waals surface area contributed by atoms with Crippen molar-refractivity contribution in [3.63, 3.8) is 0 Å². The quantitative estimate of drug-likeness (QED) is 0.777. The van der Waals surface area contributed by atoms with E-state index in [2.05, 4.69) is 0 Å². The van der Waals surface area contributed by atoms with Gasteiger partial charge in [0.25, 0.3) is 5.91 Å². The molecule has 2 aromatic carbocycles. The number of anilines is 1. The number of hydrogen-bond acceptors (Lipinski definition) is 4. The summed E-state index contributed by atoms with van der Waals surface area (Å²) < 4.78 is 5.78. The number of carbonyl (C=O) groups excluding carboxylic acids is 2. The molecule has 1 amide bonds. The van der Waals surface area contributed by atoms with Gasteiger partial charge in [0.2, 0.25) is 0 Å². The van der Waals surface area contributed by atoms with Gasteiger partial charge in [-0.05, 0) is 38.0 Å². The molecule has 0 radical (unpaired) electrons. The topological polar surface area (TPSA) is 66.8 Å². The fourth-order valence-electron chi connectivity index (χ4n) is 3.38. The van der Waals surface area contributed by atoms with Crippen LogP contribution in [-0.4, -0.2) is 29.9 Å². The van der Waals surface area contributed by atoms with Crippen molar-refractivity contribution in [1.82, 2.24) is 0 Å². The van der Waals surface area contributed by atoms with Crippen LogP contribution in [0.1, 0.15) is 30.9 Å². The summed E-state index contributed by atoms with van der Waals surface area (Å²) in [6, 6.07) is 14.9. The second-order valence-electron chi connectivity index (χ2n) is 6.68. The van der Waals surface area contributed by atoms with Crippen molar-refractivity contribution in [3.8, 4) is 5.75 Å². The molecule has 3 rings (SSSR count). The van der Waals surface area contributed by atoms with E-state index in [0.29, 0.717) is 30.8 Å². The number of benzene rings is 2. The molecule has 5 nitrogen and oxygen atoms in total. The van der Waals surface area contributed by atoms with Gasteiger partial charge in [-0.15, -0.1) is 0 Å². The van der Waals surface area contributed by atoms with Crippen molar-refractivity contribution >= 4 is 17.4 Å². The first-order valence-electron chi connectivity index (χ1n) is 8.75. The van der Waals surface area contributed by atoms with Gasteiger partial charge in [-0.1, -0.05) is 36.4 Å². The van der Waals surface area contributed by atoms with Crippen molar-refractivity contribution in [1.29, 1.82) is 0 Å². The molecule has 5 heteroatoms. The third-order valence-electron chi connectivity index (χ3n) is 4.62. The van der Waals surface area contributed by atoms with E-state index in [-0.39, 0.29) is 12.2 Å². The zero-order valence-corrected chi connectivity index (χ0v) is 15.1. The standard InChI is InChI=1S/C21H23NO4/c1-15-8-3-6-11-19(15)26-13-7-12-22-18-10-5-4-9-17(18)21(25,20(22)24)14-16(2)23/h3-6,8-11,25H,7,12-14H2,1-2H3/t21-/m1/s1. The molecule has 0 saturated carbocycles. The van der Waals surface area contributed by atoms with Crippen LogP contribution in [-0.2, 0) is 15.2 Å². The lowest BCUT2D eigenvalue weighted by Gasteiger charge is -2.22. The molecular formula is C21H23NO4. The number of aryl methyl sites for hydroxylation is 1. The van der Waals surface area contributed by atoms with Crippen molar-refractivity contribution in [3.05, 3.63) is 59.7 Å². The summed E-state index contributed by atoms with van der Waals surface area (Å²) >= 11 is 0. The Morgan fingerprint density at radius 3 is 2.58 bits per heavy atom. The van der Waals surface area contributed by atoms with Crippen LogP contribution < -0.4 is 9.64 Å². The van der Waals surface area contributed by atoms with Crippen molar-refractivity contribution in [2.45, 2.75) is 32.3 Å². The van der Waals surface area contributed by atoms with E-state index in [1.807, 2.05) is 37.3 Å². The van der Waals surface area contributed by atoms with E-state index in [4.69, 9.17) is 4.74 Å². The summed E-state index contributed by atoms with van der Waals surface area (Å²) in [5.41, 5.74) is 0.461. The summed E-state index contributed by atoms with van der Waals surface area (Å²) in [7, 11) is 0. The smallest absolute Gasteiger partial charge is 0.264 e. The van der Waals surface area contributed by atoms with Crippen molar-refractivity contribution < 1.29 is 19.4 Å². The van der Waals surface area contributed by atoms with Crippen LogP contribution in [0.25, 0.3) is 0 Å². The van der Waals surface area contributed by atoms with Crippen LogP contribution in [0.5, 0.6) is 5.75 Å². The Bertz CT molecular complexity index is 832. The number of ether oxygens (including phenoxy) is 1. The van der Waals surface area contributed by atoms with E-state index >= 15 is 0 Å². The molecule has 136 valence electrons. The normalized spacial score (nSPS) is 18.7. The Morgan fingerprint density at radius 1 is 1.15 bits per heavy atom. The van der Waals surface area contributed by atoms with Gasteiger partial charge in [-0.25, -0.2) is 0 Å². The predicted molar refractivity (Wildman–Crippen MR) is 99.3 cm³/mol. The minimum absolute atomic E-state index is 0.209. The monoisotopic (exact) mass is 353 g/mol. The van der Waals surface area contributed by atoms with E-state index in [0.717, 1.165) is 11.3 Å². The fraction of sp³-hybridized carbons (Fsp3) is 0.333. The number of fused-ring (bicyclic) bond motifs is 1. The fourth-order valence-corrected chi connectivity index (χ4v) is 3.38. The van der Waals surface area contributed by atoms with Crippen LogP contribution in [0.4, 0.5) is 5.69 Å². The summed E-state index contributed by atoms with van der Waals surface area (Å²) in [4.78, 5) is 25.9. The third-order valence-corrected chi connectivity index (χ3v) is 4.62. The number of hydrogen-bond donors (Lipinski definition) is 1. The molecule has 0 unspecified atom stereocenters. The minimum atomic E-state index is -1.76. The van der Waals surface area contributed by atoms with Crippen LogP contribution in [0.3, 0.4) is 0 Å². The van der Waals surface area contributed by atoms with Gasteiger partial charge >= 0.3 is 0 Å². The molecule has 0 saturated heterocycles. The van der Waals surface area contributed by atoms with Crippen LogP contribution >= 0.6 is 0 Å². The maximum Gasteiger partial charge on any atom is 0.264 e. The highest BCUT2D eigenvalue weighted by Crippen LogP contribution is 2.42. The number of para-hydroxylation sites is 2. The first-order chi connectivity index (χ1) is 12.4. The summed E-state index contributed by atoms with van der Waals surface area (Å²) in [6.45, 7) is 4.24. The summed E-state index contributed by atoms with van der Waals surface area (Å²) in [5.74, 6) is 0.166. The molecule has 2 aromatic rings. The van der Waals surface area contributed by atoms with Gasteiger partial charge in [-0.3, -0.25) is 9.59 Å². The van der Waals surface area contributed by atoms with Crippen molar-refractivity contribution in [2.24, 2.45) is 0 Å². The van der Waals surface area contributed by atoms with Crippen LogP contribution in [0.15, 0.2) is 48.5 Å². The Kier molecular flexibility index (Phi) is 5.09. The Morgan fingerprint density at radius 2 is 1.85 bits per heavy atom. The first kappa shape index (κ1) is 18.1. The summed E-state index contributed by atoms with van der Waals surface area (Å²) in [5, 5.41) is 10.9. The number of nitrogens with zero attached hydrogens (tertiary/aromatic N) is 1. The Hall–Kier alpha value is -2.66. The molecule has 0 fully saturated rings. The highest BCUT2D eigenvalue weighted by molar-refractivity contribution is 6.08. The zero-order valence-electron chi connectivity index (χ0n) is 15.1. The average molecular weight is 353 g/mol. The molecule has 1 atom stereocenters. The van der Waals surface area contributed by atoms with Gasteiger partial charge in [0.05, 0.1) is 12.3 Å². The molecule has 0 spiro atoms. The number of amides is 1. The minimum Gasteiger partial charge on any atom is -0.493 e. The molecule has 0 aliphatic carbocycles. The number of carbonyl (C=O) groups is 2. The maximum atomic E-state index is 12.8. The number of rotatable bonds is 7. The van der Waals surface area contributed by atoms with Gasteiger partial charge < -0.3 is 14.7 Å². The maximum absolute atomic E-state index is 12.8. The third kappa shape index (κ3) is 3.35. The molecule has 0 bridgehead atoms. The first-order valence-corrected chi connectivity index (χ1v) is 8.75. The largest absolute Gasteiger partial charge is 0.493 e. The highest BCUT2D eigenvalue weighted by atomic mass is 16.5. The zero-order chi connectivity index (χ0) is 18.7. The average Bonchev–Trinajstić information content (AvgIpc) is 2.81. The van der Waals surface area contributed by atoms with Gasteiger partial charge in [0.15, 0.2) is 5.60 Å². The van der Waals surface area contributed by atoms with E-state index in [9.17, 15) is 14.7 Å². The number of ketones is 1. The van der Waals surface area contributed by atoms with E-state index in [1.165, 1.54) is 6.92 Å². The van der Waals surface area contributed by atoms with Gasteiger partial charge in [-0.2, -0.15) is 0 Å². The lowest BCUT2D eigenvalue weighted by atomic mass is 9.90. The number of aliphatic hydroxyl groups is 1. The molecular weight excluding hydrogens is 330 g/mol. The molecule has 26 heavy (non-hydrogen) atoms. The Balaban J connectivity index is 1.69. The molecule has 1 N–H and O–H groups in total. The SMILES string of the molecule is CC(=O)C[C@]1(O)C(=O)N(CCCOc2ccccc2C)c2ccccc21.